The third kappa shape index (κ3) is 4.30. The first kappa shape index (κ1) is 20.3. The highest BCUT2D eigenvalue weighted by atomic mass is 16.6. The van der Waals surface area contributed by atoms with Gasteiger partial charge in [-0.25, -0.2) is 9.97 Å². The van der Waals surface area contributed by atoms with E-state index in [0.29, 0.717) is 43.3 Å². The molecule has 2 aromatic carbocycles. The number of benzene rings is 2. The Morgan fingerprint density at radius 1 is 1.06 bits per heavy atom. The Bertz CT molecular complexity index is 1100. The first-order valence-corrected chi connectivity index (χ1v) is 9.95. The zero-order valence-corrected chi connectivity index (χ0v) is 17.1. The van der Waals surface area contributed by atoms with Crippen LogP contribution in [0.3, 0.4) is 0 Å². The molecule has 0 bridgehead atoms. The van der Waals surface area contributed by atoms with Crippen molar-refractivity contribution in [2.45, 2.75) is 0 Å². The fraction of sp³-hybridized carbons (Fsp3) is 0.227. The lowest BCUT2D eigenvalue weighted by atomic mass is 10.1. The average Bonchev–Trinajstić information content (AvgIpc) is 2.84. The highest BCUT2D eigenvalue weighted by Crippen LogP contribution is 2.25. The van der Waals surface area contributed by atoms with Crippen molar-refractivity contribution in [2.75, 3.05) is 43.4 Å². The average molecular weight is 418 g/mol. The van der Waals surface area contributed by atoms with Crippen molar-refractivity contribution in [2.24, 2.45) is 0 Å². The number of piperazine rings is 1. The molecule has 158 valence electrons. The van der Waals surface area contributed by atoms with E-state index >= 15 is 0 Å². The third-order valence-electron chi connectivity index (χ3n) is 5.28. The zero-order valence-electron chi connectivity index (χ0n) is 17.1. The molecule has 1 N–H and O–H groups in total. The van der Waals surface area contributed by atoms with Crippen LogP contribution >= 0.6 is 0 Å². The van der Waals surface area contributed by atoms with E-state index < -0.39 is 4.92 Å². The summed E-state index contributed by atoms with van der Waals surface area (Å²) in [5.74, 6) is 1.25. The Hall–Kier alpha value is -4.01. The maximum absolute atomic E-state index is 13.1. The molecule has 1 amide bonds. The fourth-order valence-electron chi connectivity index (χ4n) is 3.60. The van der Waals surface area contributed by atoms with Crippen LogP contribution in [0.4, 0.5) is 17.2 Å². The second kappa shape index (κ2) is 8.78. The smallest absolute Gasteiger partial charge is 0.270 e. The maximum atomic E-state index is 13.1. The monoisotopic (exact) mass is 418 g/mol. The largest absolute Gasteiger partial charge is 0.387 e. The molecule has 1 saturated heterocycles. The number of hydrogen-bond donors (Lipinski definition) is 1. The van der Waals surface area contributed by atoms with Crippen LogP contribution in [0.25, 0.3) is 11.4 Å². The van der Waals surface area contributed by atoms with Gasteiger partial charge in [-0.3, -0.25) is 14.9 Å². The van der Waals surface area contributed by atoms with E-state index in [0.717, 1.165) is 11.4 Å². The molecule has 2 heterocycles. The molecule has 1 fully saturated rings. The quantitative estimate of drug-likeness (QED) is 0.501. The molecule has 0 atom stereocenters. The summed E-state index contributed by atoms with van der Waals surface area (Å²) in [5.41, 5.74) is 1.72. The van der Waals surface area contributed by atoms with Gasteiger partial charge in [-0.1, -0.05) is 30.3 Å². The number of anilines is 2. The Balaban J connectivity index is 1.48. The summed E-state index contributed by atoms with van der Waals surface area (Å²) in [6.45, 7) is 2.21. The van der Waals surface area contributed by atoms with Gasteiger partial charge >= 0.3 is 0 Å². The number of hydrogen-bond acceptors (Lipinski definition) is 7. The van der Waals surface area contributed by atoms with E-state index in [1.165, 1.54) is 12.1 Å². The van der Waals surface area contributed by atoms with Crippen molar-refractivity contribution in [3.05, 3.63) is 76.5 Å². The van der Waals surface area contributed by atoms with Crippen molar-refractivity contribution < 1.29 is 9.72 Å². The minimum Gasteiger partial charge on any atom is -0.387 e. The van der Waals surface area contributed by atoms with Gasteiger partial charge in [0.05, 0.1) is 10.5 Å². The predicted molar refractivity (Wildman–Crippen MR) is 118 cm³/mol. The summed E-state index contributed by atoms with van der Waals surface area (Å²) in [5, 5.41) is 14.1. The Morgan fingerprint density at radius 2 is 1.81 bits per heavy atom. The van der Waals surface area contributed by atoms with Crippen LogP contribution in [-0.2, 0) is 0 Å². The molecule has 9 nitrogen and oxygen atoms in total. The van der Waals surface area contributed by atoms with Crippen LogP contribution in [0, 0.1) is 10.1 Å². The lowest BCUT2D eigenvalue weighted by Crippen LogP contribution is -2.49. The lowest BCUT2D eigenvalue weighted by Gasteiger charge is -2.35. The molecule has 4 rings (SSSR count). The number of carbonyl (C=O) groups is 1. The molecule has 31 heavy (non-hydrogen) atoms. The summed E-state index contributed by atoms with van der Waals surface area (Å²) < 4.78 is 0. The maximum Gasteiger partial charge on any atom is 0.270 e. The van der Waals surface area contributed by atoms with Gasteiger partial charge in [-0.05, 0) is 12.1 Å². The van der Waals surface area contributed by atoms with E-state index in [1.807, 2.05) is 36.4 Å². The number of carbonyl (C=O) groups excluding carboxylic acids is 1. The van der Waals surface area contributed by atoms with Gasteiger partial charge < -0.3 is 15.1 Å². The first-order chi connectivity index (χ1) is 15.1. The molecular formula is C22H22N6O3. The van der Waals surface area contributed by atoms with Gasteiger partial charge in [0, 0.05) is 62.8 Å². The molecule has 3 aromatic rings. The lowest BCUT2D eigenvalue weighted by molar-refractivity contribution is -0.384. The second-order valence-corrected chi connectivity index (χ2v) is 7.12. The summed E-state index contributed by atoms with van der Waals surface area (Å²) in [6, 6.07) is 15.9. The second-order valence-electron chi connectivity index (χ2n) is 7.12. The van der Waals surface area contributed by atoms with Gasteiger partial charge in [-0.15, -0.1) is 0 Å². The van der Waals surface area contributed by atoms with Crippen LogP contribution in [0.15, 0.2) is 60.8 Å². The normalized spacial score (nSPS) is 13.7. The molecule has 0 unspecified atom stereocenters. The molecule has 9 heteroatoms. The highest BCUT2D eigenvalue weighted by Gasteiger charge is 2.26. The molecule has 1 aliphatic rings. The Kier molecular flexibility index (Phi) is 5.74. The van der Waals surface area contributed by atoms with Gasteiger partial charge in [0.1, 0.15) is 5.82 Å². The van der Waals surface area contributed by atoms with Crippen LogP contribution in [0.5, 0.6) is 0 Å². The first-order valence-electron chi connectivity index (χ1n) is 9.95. The summed E-state index contributed by atoms with van der Waals surface area (Å²) >= 11 is 0. The van der Waals surface area contributed by atoms with Crippen molar-refractivity contribution in [1.29, 1.82) is 0 Å². The molecule has 0 radical (unpaired) electrons. The van der Waals surface area contributed by atoms with Crippen molar-refractivity contribution in [3.8, 4) is 11.4 Å². The molecule has 0 aliphatic carbocycles. The minimum absolute atomic E-state index is 0.101. The third-order valence-corrected chi connectivity index (χ3v) is 5.28. The number of rotatable bonds is 5. The number of aromatic nitrogens is 2. The van der Waals surface area contributed by atoms with Gasteiger partial charge in [0.2, 0.25) is 0 Å². The summed E-state index contributed by atoms with van der Waals surface area (Å²) in [7, 11) is 1.69. The number of nitro benzene ring substituents is 1. The van der Waals surface area contributed by atoms with E-state index in [4.69, 9.17) is 0 Å². The van der Waals surface area contributed by atoms with Crippen LogP contribution in [0.2, 0.25) is 0 Å². The Morgan fingerprint density at radius 3 is 2.48 bits per heavy atom. The van der Waals surface area contributed by atoms with Crippen molar-refractivity contribution in [3.63, 3.8) is 0 Å². The topological polar surface area (TPSA) is 104 Å². The standard InChI is InChI=1S/C22H22N6O3/c1-23-19-8-7-17(28(30)31)15-18(19)22(29)27-13-11-26(12-14-27)20-9-10-24-21(25-20)16-5-3-2-4-6-16/h2-10,15,23H,11-14H2,1H3. The van der Waals surface area contributed by atoms with E-state index in [-0.39, 0.29) is 11.6 Å². The minimum atomic E-state index is -0.492. The molecule has 1 aliphatic heterocycles. The fourth-order valence-corrected chi connectivity index (χ4v) is 3.60. The van der Waals surface area contributed by atoms with Gasteiger partial charge in [0.25, 0.3) is 11.6 Å². The van der Waals surface area contributed by atoms with Gasteiger partial charge in [0.15, 0.2) is 5.82 Å². The Labute approximate surface area is 179 Å². The van der Waals surface area contributed by atoms with E-state index in [2.05, 4.69) is 20.2 Å². The number of nitrogens with zero attached hydrogens (tertiary/aromatic N) is 5. The number of amides is 1. The number of nitrogens with one attached hydrogen (secondary N) is 1. The van der Waals surface area contributed by atoms with E-state index in [9.17, 15) is 14.9 Å². The van der Waals surface area contributed by atoms with Crippen molar-refractivity contribution in [1.82, 2.24) is 14.9 Å². The number of non-ortho nitro benzene ring substituents is 1. The van der Waals surface area contributed by atoms with Crippen LogP contribution in [0.1, 0.15) is 10.4 Å². The molecular weight excluding hydrogens is 396 g/mol. The number of nitro groups is 1. The SMILES string of the molecule is CNc1ccc([N+](=O)[O-])cc1C(=O)N1CCN(c2ccnc(-c3ccccc3)n2)CC1. The predicted octanol–water partition coefficient (Wildman–Crippen LogP) is 3.06. The van der Waals surface area contributed by atoms with Gasteiger partial charge in [-0.2, -0.15) is 0 Å². The summed E-state index contributed by atoms with van der Waals surface area (Å²) in [4.78, 5) is 36.6. The van der Waals surface area contributed by atoms with Crippen LogP contribution < -0.4 is 10.2 Å². The highest BCUT2D eigenvalue weighted by molar-refractivity contribution is 6.00. The van der Waals surface area contributed by atoms with Crippen molar-refractivity contribution >= 4 is 23.1 Å². The summed E-state index contributed by atoms with van der Waals surface area (Å²) in [6.07, 6.45) is 1.74. The molecule has 1 aromatic heterocycles. The van der Waals surface area contributed by atoms with Crippen LogP contribution in [-0.4, -0.2) is 58.9 Å². The van der Waals surface area contributed by atoms with E-state index in [1.54, 1.807) is 24.2 Å². The zero-order chi connectivity index (χ0) is 21.8. The molecule has 0 spiro atoms. The molecule has 0 saturated carbocycles.